The van der Waals surface area contributed by atoms with Crippen molar-refractivity contribution in [2.45, 2.75) is 26.6 Å². The van der Waals surface area contributed by atoms with Gasteiger partial charge in [-0.3, -0.25) is 0 Å². The highest BCUT2D eigenvalue weighted by atomic mass is 19.4. The lowest BCUT2D eigenvalue weighted by Gasteiger charge is -2.13. The molecular weight excluding hydrogens is 209 g/mol. The van der Waals surface area contributed by atoms with E-state index in [2.05, 4.69) is 10.1 Å². The summed E-state index contributed by atoms with van der Waals surface area (Å²) in [7, 11) is 0. The van der Waals surface area contributed by atoms with Gasteiger partial charge in [-0.15, -0.1) is 0 Å². The summed E-state index contributed by atoms with van der Waals surface area (Å²) in [4.78, 5) is 3.86. The molecule has 0 N–H and O–H groups in total. The van der Waals surface area contributed by atoms with Gasteiger partial charge in [0.1, 0.15) is 11.6 Å². The Hall–Kier alpha value is -1.58. The van der Waals surface area contributed by atoms with E-state index < -0.39 is 18.6 Å². The fourth-order valence-electron chi connectivity index (χ4n) is 1.12. The van der Waals surface area contributed by atoms with Crippen molar-refractivity contribution in [1.29, 1.82) is 5.26 Å². The van der Waals surface area contributed by atoms with Crippen LogP contribution in [-0.2, 0) is 6.54 Å². The van der Waals surface area contributed by atoms with Gasteiger partial charge >= 0.3 is 6.18 Å². The number of rotatable bonds is 2. The molecule has 0 saturated carbocycles. The summed E-state index contributed by atoms with van der Waals surface area (Å²) in [5.41, 5.74) is 0. The molecule has 7 heteroatoms. The summed E-state index contributed by atoms with van der Waals surface area (Å²) in [6, 6.07) is 1.21. The summed E-state index contributed by atoms with van der Waals surface area (Å²) in [5.74, 6) is -1.28. The molecule has 0 saturated heterocycles. The van der Waals surface area contributed by atoms with Gasteiger partial charge in [0.25, 0.3) is 0 Å². The first-order chi connectivity index (χ1) is 6.84. The van der Waals surface area contributed by atoms with Crippen LogP contribution in [-0.4, -0.2) is 20.9 Å². The maximum Gasteiger partial charge on any atom is 0.406 e. The Labute approximate surface area is 84.3 Å². The summed E-state index contributed by atoms with van der Waals surface area (Å²) >= 11 is 0. The molecule has 1 aromatic rings. The van der Waals surface area contributed by atoms with Crippen LogP contribution < -0.4 is 0 Å². The van der Waals surface area contributed by atoms with Gasteiger partial charge in [0, 0.05) is 0 Å². The molecule has 0 aliphatic rings. The highest BCUT2D eigenvalue weighted by Gasteiger charge is 2.40. The molecule has 0 aromatic carbocycles. The predicted molar refractivity (Wildman–Crippen MR) is 44.7 cm³/mol. The molecule has 4 nitrogen and oxygen atoms in total. The Morgan fingerprint density at radius 1 is 1.47 bits per heavy atom. The number of hydrogen-bond acceptors (Lipinski definition) is 3. The average Bonchev–Trinajstić information content (AvgIpc) is 2.38. The molecule has 15 heavy (non-hydrogen) atoms. The highest BCUT2D eigenvalue weighted by Crippen LogP contribution is 2.26. The molecule has 0 spiro atoms. The third kappa shape index (κ3) is 2.68. The number of aryl methyl sites for hydroxylation is 2. The van der Waals surface area contributed by atoms with Crippen molar-refractivity contribution in [1.82, 2.24) is 14.8 Å². The van der Waals surface area contributed by atoms with E-state index in [0.29, 0.717) is 11.6 Å². The summed E-state index contributed by atoms with van der Waals surface area (Å²) in [6.07, 6.45) is -4.53. The van der Waals surface area contributed by atoms with E-state index in [4.69, 9.17) is 5.26 Å². The first-order valence-corrected chi connectivity index (χ1v) is 4.19. The van der Waals surface area contributed by atoms with Gasteiger partial charge in [-0.25, -0.2) is 9.67 Å². The molecule has 0 fully saturated rings. The molecule has 0 aliphatic carbocycles. The average molecular weight is 218 g/mol. The molecule has 1 aromatic heterocycles. The minimum absolute atomic E-state index is 0.372. The molecule has 1 heterocycles. The van der Waals surface area contributed by atoms with E-state index in [-0.39, 0.29) is 0 Å². The SMILES string of the molecule is Cc1nc(C)n(CC(C#N)C(F)(F)F)n1. The van der Waals surface area contributed by atoms with Crippen LogP contribution >= 0.6 is 0 Å². The maximum absolute atomic E-state index is 12.3. The van der Waals surface area contributed by atoms with Gasteiger partial charge in [0.15, 0.2) is 5.92 Å². The number of halogens is 3. The molecule has 0 amide bonds. The predicted octanol–water partition coefficient (Wildman–Crippen LogP) is 1.60. The van der Waals surface area contributed by atoms with Crippen molar-refractivity contribution in [2.75, 3.05) is 0 Å². The van der Waals surface area contributed by atoms with Crippen LogP contribution in [0.3, 0.4) is 0 Å². The Morgan fingerprint density at radius 3 is 2.40 bits per heavy atom. The van der Waals surface area contributed by atoms with Crippen molar-refractivity contribution >= 4 is 0 Å². The van der Waals surface area contributed by atoms with Crippen molar-refractivity contribution < 1.29 is 13.2 Å². The number of nitriles is 1. The van der Waals surface area contributed by atoms with Crippen LogP contribution in [0.15, 0.2) is 0 Å². The minimum Gasteiger partial charge on any atom is -0.248 e. The smallest absolute Gasteiger partial charge is 0.248 e. The monoisotopic (exact) mass is 218 g/mol. The van der Waals surface area contributed by atoms with Crippen LogP contribution in [0.4, 0.5) is 13.2 Å². The second-order valence-corrected chi connectivity index (χ2v) is 3.11. The third-order valence-electron chi connectivity index (χ3n) is 1.87. The fourth-order valence-corrected chi connectivity index (χ4v) is 1.12. The van der Waals surface area contributed by atoms with E-state index in [1.165, 1.54) is 6.07 Å². The zero-order valence-corrected chi connectivity index (χ0v) is 8.21. The normalized spacial score (nSPS) is 13.6. The zero-order chi connectivity index (χ0) is 11.6. The molecule has 1 atom stereocenters. The number of hydrogen-bond donors (Lipinski definition) is 0. The van der Waals surface area contributed by atoms with Crippen LogP contribution in [0.25, 0.3) is 0 Å². The van der Waals surface area contributed by atoms with Gasteiger partial charge in [-0.05, 0) is 13.8 Å². The van der Waals surface area contributed by atoms with Gasteiger partial charge < -0.3 is 0 Å². The van der Waals surface area contributed by atoms with Crippen LogP contribution in [0.2, 0.25) is 0 Å². The molecule has 0 bridgehead atoms. The number of alkyl halides is 3. The van der Waals surface area contributed by atoms with Crippen molar-refractivity contribution in [3.8, 4) is 6.07 Å². The Bertz CT molecular complexity index is 388. The standard InChI is InChI=1S/C8H9F3N4/c1-5-13-6(2)15(14-5)4-7(3-12)8(9,10)11/h7H,4H2,1-2H3. The second kappa shape index (κ2) is 3.88. The van der Waals surface area contributed by atoms with E-state index in [0.717, 1.165) is 4.68 Å². The Balaban J connectivity index is 2.86. The maximum atomic E-state index is 12.3. The molecule has 82 valence electrons. The molecular formula is C8H9F3N4. The lowest BCUT2D eigenvalue weighted by Crippen LogP contribution is -2.27. The topological polar surface area (TPSA) is 54.5 Å². The largest absolute Gasteiger partial charge is 0.406 e. The highest BCUT2D eigenvalue weighted by molar-refractivity contribution is 4.93. The third-order valence-corrected chi connectivity index (χ3v) is 1.87. The van der Waals surface area contributed by atoms with E-state index >= 15 is 0 Å². The summed E-state index contributed by atoms with van der Waals surface area (Å²) in [5, 5.41) is 12.2. The van der Waals surface area contributed by atoms with Crippen LogP contribution in [0.1, 0.15) is 11.6 Å². The lowest BCUT2D eigenvalue weighted by atomic mass is 10.1. The number of aromatic nitrogens is 3. The summed E-state index contributed by atoms with van der Waals surface area (Å²) < 4.78 is 37.9. The zero-order valence-electron chi connectivity index (χ0n) is 8.21. The lowest BCUT2D eigenvalue weighted by molar-refractivity contribution is -0.162. The number of nitrogens with zero attached hydrogens (tertiary/aromatic N) is 4. The quantitative estimate of drug-likeness (QED) is 0.757. The van der Waals surface area contributed by atoms with Gasteiger partial charge in [-0.2, -0.15) is 23.5 Å². The van der Waals surface area contributed by atoms with Gasteiger partial charge in [0.2, 0.25) is 0 Å². The molecule has 0 aliphatic heterocycles. The van der Waals surface area contributed by atoms with Crippen molar-refractivity contribution in [3.05, 3.63) is 11.6 Å². The second-order valence-electron chi connectivity index (χ2n) is 3.11. The van der Waals surface area contributed by atoms with Crippen molar-refractivity contribution in [2.24, 2.45) is 5.92 Å². The van der Waals surface area contributed by atoms with Gasteiger partial charge in [0.05, 0.1) is 12.6 Å². The van der Waals surface area contributed by atoms with Crippen LogP contribution in [0.5, 0.6) is 0 Å². The van der Waals surface area contributed by atoms with Gasteiger partial charge in [-0.1, -0.05) is 0 Å². The van der Waals surface area contributed by atoms with E-state index in [1.807, 2.05) is 0 Å². The Morgan fingerprint density at radius 2 is 2.07 bits per heavy atom. The molecule has 0 radical (unpaired) electrons. The molecule has 1 unspecified atom stereocenters. The molecule has 1 rings (SSSR count). The Kier molecular flexibility index (Phi) is 2.98. The fraction of sp³-hybridized carbons (Fsp3) is 0.625. The van der Waals surface area contributed by atoms with E-state index in [1.54, 1.807) is 13.8 Å². The van der Waals surface area contributed by atoms with E-state index in [9.17, 15) is 13.2 Å². The minimum atomic E-state index is -4.53. The summed E-state index contributed by atoms with van der Waals surface area (Å²) in [6.45, 7) is 2.62. The van der Waals surface area contributed by atoms with Crippen molar-refractivity contribution in [3.63, 3.8) is 0 Å². The van der Waals surface area contributed by atoms with Crippen LogP contribution in [0, 0.1) is 31.1 Å². The first kappa shape index (κ1) is 11.5. The first-order valence-electron chi connectivity index (χ1n) is 4.19.